The maximum Gasteiger partial charge on any atom is 0.274 e. The third-order valence-electron chi connectivity index (χ3n) is 4.94. The van der Waals surface area contributed by atoms with Crippen LogP contribution in [0, 0.1) is 6.92 Å². The zero-order chi connectivity index (χ0) is 21.0. The van der Waals surface area contributed by atoms with Crippen LogP contribution >= 0.6 is 11.3 Å². The Morgan fingerprint density at radius 2 is 2.17 bits per heavy atom. The molecule has 3 aromatic rings. The van der Waals surface area contributed by atoms with Gasteiger partial charge >= 0.3 is 0 Å². The Labute approximate surface area is 175 Å². The molecule has 1 N–H and O–H groups in total. The highest BCUT2D eigenvalue weighted by molar-refractivity contribution is 7.18. The number of aryl methyl sites for hydroxylation is 1. The van der Waals surface area contributed by atoms with E-state index in [2.05, 4.69) is 26.1 Å². The molecule has 0 saturated heterocycles. The summed E-state index contributed by atoms with van der Waals surface area (Å²) >= 11 is 1.65. The molecule has 4 rings (SSSR count). The summed E-state index contributed by atoms with van der Waals surface area (Å²) in [7, 11) is 1.79. The lowest BCUT2D eigenvalue weighted by atomic mass is 10.1. The molecule has 0 unspecified atom stereocenters. The van der Waals surface area contributed by atoms with Crippen LogP contribution in [-0.2, 0) is 13.0 Å². The van der Waals surface area contributed by atoms with E-state index in [4.69, 9.17) is 0 Å². The summed E-state index contributed by atoms with van der Waals surface area (Å²) in [5.41, 5.74) is 5.01. The largest absolute Gasteiger partial charge is 0.296 e. The van der Waals surface area contributed by atoms with Crippen LogP contribution in [0.15, 0.2) is 39.6 Å². The molecule has 0 bridgehead atoms. The molecule has 0 spiro atoms. The summed E-state index contributed by atoms with van der Waals surface area (Å²) in [6.07, 6.45) is 4.75. The highest BCUT2D eigenvalue weighted by atomic mass is 32.1. The van der Waals surface area contributed by atoms with Crippen LogP contribution < -0.4 is 5.56 Å². The van der Waals surface area contributed by atoms with E-state index in [0.717, 1.165) is 58.2 Å². The number of fused-ring (bicyclic) bond motifs is 2. The first-order valence-electron chi connectivity index (χ1n) is 10.1. The molecule has 154 valence electrons. The average Bonchev–Trinajstić information content (AvgIpc) is 3.27. The molecular weight excluding hydrogens is 382 g/mol. The van der Waals surface area contributed by atoms with E-state index in [9.17, 15) is 4.79 Å². The minimum atomic E-state index is 0.0617. The third kappa shape index (κ3) is 4.41. The predicted molar refractivity (Wildman–Crippen MR) is 123 cm³/mol. The van der Waals surface area contributed by atoms with Gasteiger partial charge in [0.1, 0.15) is 0 Å². The Kier molecular flexibility index (Phi) is 6.82. The van der Waals surface area contributed by atoms with E-state index in [1.54, 1.807) is 23.1 Å². The van der Waals surface area contributed by atoms with E-state index in [1.165, 1.54) is 5.57 Å². The number of rotatable bonds is 4. The smallest absolute Gasteiger partial charge is 0.274 e. The fourth-order valence-corrected chi connectivity index (χ4v) is 4.45. The van der Waals surface area contributed by atoms with Gasteiger partial charge in [0.15, 0.2) is 0 Å². The summed E-state index contributed by atoms with van der Waals surface area (Å²) in [5.74, 6) is 0. The molecule has 0 fully saturated rings. The molecule has 0 radical (unpaired) electrons. The molecular formula is C22H29N5OS. The minimum Gasteiger partial charge on any atom is -0.296 e. The minimum absolute atomic E-state index is 0.0617. The molecule has 1 aromatic carbocycles. The number of nitrogens with zero attached hydrogens (tertiary/aromatic N) is 4. The van der Waals surface area contributed by atoms with E-state index < -0.39 is 0 Å². The SMILES string of the molecule is C/C=C(\C=NC)CN1CCc2c([nH]n(-c3ccc4nc(C)sc4c3)c2=O)C1.CC. The van der Waals surface area contributed by atoms with Crippen molar-refractivity contribution in [3.8, 4) is 5.69 Å². The van der Waals surface area contributed by atoms with Crippen molar-refractivity contribution in [2.24, 2.45) is 4.99 Å². The van der Waals surface area contributed by atoms with Crippen molar-refractivity contribution in [3.63, 3.8) is 0 Å². The van der Waals surface area contributed by atoms with Crippen LogP contribution in [0.4, 0.5) is 0 Å². The molecule has 0 amide bonds. The average molecular weight is 412 g/mol. The van der Waals surface area contributed by atoms with E-state index >= 15 is 0 Å². The highest BCUT2D eigenvalue weighted by Gasteiger charge is 2.23. The van der Waals surface area contributed by atoms with Gasteiger partial charge < -0.3 is 0 Å². The fraction of sp³-hybridized carbons (Fsp3) is 0.409. The zero-order valence-electron chi connectivity index (χ0n) is 17.8. The first-order valence-corrected chi connectivity index (χ1v) is 10.9. The van der Waals surface area contributed by atoms with E-state index in [0.29, 0.717) is 0 Å². The lowest BCUT2D eigenvalue weighted by Crippen LogP contribution is -2.33. The van der Waals surface area contributed by atoms with Gasteiger partial charge in [0.25, 0.3) is 5.56 Å². The fourth-order valence-electron chi connectivity index (χ4n) is 3.59. The summed E-state index contributed by atoms with van der Waals surface area (Å²) in [4.78, 5) is 23.9. The van der Waals surface area contributed by atoms with Crippen molar-refractivity contribution in [1.82, 2.24) is 19.7 Å². The van der Waals surface area contributed by atoms with E-state index in [1.807, 2.05) is 52.1 Å². The summed E-state index contributed by atoms with van der Waals surface area (Å²) in [5, 5.41) is 4.37. The van der Waals surface area contributed by atoms with Gasteiger partial charge in [-0.2, -0.15) is 0 Å². The molecule has 7 heteroatoms. The summed E-state index contributed by atoms with van der Waals surface area (Å²) < 4.78 is 2.77. The Morgan fingerprint density at radius 3 is 2.90 bits per heavy atom. The Bertz CT molecular complexity index is 1100. The van der Waals surface area contributed by atoms with Gasteiger partial charge in [-0.05, 0) is 44.0 Å². The van der Waals surface area contributed by atoms with Crippen LogP contribution in [0.5, 0.6) is 0 Å². The number of allylic oxidation sites excluding steroid dienone is 1. The second-order valence-electron chi connectivity index (χ2n) is 6.81. The first kappa shape index (κ1) is 21.2. The van der Waals surface area contributed by atoms with Crippen molar-refractivity contribution < 1.29 is 0 Å². The van der Waals surface area contributed by atoms with Crippen molar-refractivity contribution in [3.05, 3.63) is 56.5 Å². The number of thiazole rings is 1. The first-order chi connectivity index (χ1) is 14.1. The van der Waals surface area contributed by atoms with Gasteiger partial charge in [-0.1, -0.05) is 19.9 Å². The van der Waals surface area contributed by atoms with Gasteiger partial charge in [0.05, 0.1) is 26.6 Å². The van der Waals surface area contributed by atoms with Gasteiger partial charge in [0.2, 0.25) is 0 Å². The number of hydrogen-bond donors (Lipinski definition) is 1. The Hall–Kier alpha value is -2.51. The van der Waals surface area contributed by atoms with Crippen molar-refractivity contribution in [2.75, 3.05) is 20.1 Å². The maximum atomic E-state index is 12.9. The van der Waals surface area contributed by atoms with Gasteiger partial charge in [-0.25, -0.2) is 9.67 Å². The second kappa shape index (κ2) is 9.33. The van der Waals surface area contributed by atoms with Crippen LogP contribution in [0.1, 0.15) is 37.0 Å². The zero-order valence-corrected chi connectivity index (χ0v) is 18.6. The molecule has 2 aromatic heterocycles. The molecule has 6 nitrogen and oxygen atoms in total. The number of benzene rings is 1. The Balaban J connectivity index is 0.00000117. The maximum absolute atomic E-state index is 12.9. The van der Waals surface area contributed by atoms with Crippen molar-refractivity contribution >= 4 is 27.8 Å². The molecule has 29 heavy (non-hydrogen) atoms. The Morgan fingerprint density at radius 1 is 1.38 bits per heavy atom. The number of hydrogen-bond acceptors (Lipinski definition) is 5. The molecule has 3 heterocycles. The summed E-state index contributed by atoms with van der Waals surface area (Å²) in [6, 6.07) is 5.98. The van der Waals surface area contributed by atoms with Gasteiger partial charge in [-0.3, -0.25) is 19.8 Å². The van der Waals surface area contributed by atoms with Crippen LogP contribution in [0.25, 0.3) is 15.9 Å². The number of aromatic nitrogens is 3. The normalized spacial score (nSPS) is 14.9. The topological polar surface area (TPSA) is 66.3 Å². The van der Waals surface area contributed by atoms with Gasteiger partial charge in [0, 0.05) is 38.5 Å². The van der Waals surface area contributed by atoms with Crippen LogP contribution in [-0.4, -0.2) is 46.0 Å². The van der Waals surface area contributed by atoms with E-state index in [-0.39, 0.29) is 5.56 Å². The van der Waals surface area contributed by atoms with Crippen LogP contribution in [0.2, 0.25) is 0 Å². The number of nitrogens with one attached hydrogen (secondary N) is 1. The standard InChI is InChI=1S/C20H23N5OS.C2H6/c1-4-14(10-21-3)11-24-8-7-16-18(12-24)23-25(20(16)26)15-5-6-17-19(9-15)27-13(2)22-17;1-2/h4-6,9-10,23H,7-8,11-12H2,1-3H3;1-2H3/b14-4+,21-10?;. The monoisotopic (exact) mass is 411 g/mol. The lowest BCUT2D eigenvalue weighted by molar-refractivity contribution is 0.275. The number of H-pyrrole nitrogens is 1. The predicted octanol–water partition coefficient (Wildman–Crippen LogP) is 4.11. The summed E-state index contributed by atoms with van der Waals surface area (Å²) in [6.45, 7) is 10.5. The second-order valence-corrected chi connectivity index (χ2v) is 8.04. The van der Waals surface area contributed by atoms with Crippen molar-refractivity contribution in [2.45, 2.75) is 40.7 Å². The molecule has 1 aliphatic rings. The molecule has 0 atom stereocenters. The molecule has 0 aliphatic carbocycles. The molecule has 0 saturated carbocycles. The van der Waals surface area contributed by atoms with Crippen LogP contribution in [0.3, 0.4) is 0 Å². The number of aliphatic imine (C=N–C) groups is 1. The van der Waals surface area contributed by atoms with Crippen molar-refractivity contribution in [1.29, 1.82) is 0 Å². The number of aromatic amines is 1. The third-order valence-corrected chi connectivity index (χ3v) is 5.87. The highest BCUT2D eigenvalue weighted by Crippen LogP contribution is 2.24. The van der Waals surface area contributed by atoms with Gasteiger partial charge in [-0.15, -0.1) is 11.3 Å². The quantitative estimate of drug-likeness (QED) is 0.657. The lowest BCUT2D eigenvalue weighted by Gasteiger charge is -2.26. The molecule has 1 aliphatic heterocycles.